The highest BCUT2D eigenvalue weighted by Gasteiger charge is 2.37. The summed E-state index contributed by atoms with van der Waals surface area (Å²) in [6.07, 6.45) is 6.50. The molecule has 0 radical (unpaired) electrons. The van der Waals surface area contributed by atoms with Crippen LogP contribution in [0, 0.1) is 0 Å². The summed E-state index contributed by atoms with van der Waals surface area (Å²) < 4.78 is 5.50. The minimum atomic E-state index is -0.152. The second kappa shape index (κ2) is 6.02. The predicted octanol–water partition coefficient (Wildman–Crippen LogP) is 1.81. The maximum atomic E-state index is 12.2. The Hall–Kier alpha value is -1.62. The van der Waals surface area contributed by atoms with Crippen molar-refractivity contribution in [2.45, 2.75) is 31.8 Å². The van der Waals surface area contributed by atoms with Gasteiger partial charge in [0.1, 0.15) is 0 Å². The standard InChI is InChI=1S/C14H21N3O2/c1-3-16-12-9-15-8-5-11(12)13(18)17-10-14(19-2)6-4-7-14/h5,8-9,16H,3-4,6-7,10H2,1-2H3,(H,17,18). The molecule has 0 atom stereocenters. The molecule has 1 saturated carbocycles. The lowest BCUT2D eigenvalue weighted by molar-refractivity contribution is -0.0679. The van der Waals surface area contributed by atoms with Crippen LogP contribution in [-0.2, 0) is 4.74 Å². The summed E-state index contributed by atoms with van der Waals surface area (Å²) in [6.45, 7) is 3.31. The molecule has 0 aromatic carbocycles. The number of hydrogen-bond donors (Lipinski definition) is 2. The van der Waals surface area contributed by atoms with Gasteiger partial charge in [-0.1, -0.05) is 0 Å². The van der Waals surface area contributed by atoms with E-state index in [4.69, 9.17) is 4.74 Å². The Morgan fingerprint density at radius 1 is 1.53 bits per heavy atom. The number of amides is 1. The first-order chi connectivity index (χ1) is 9.21. The van der Waals surface area contributed by atoms with Crippen LogP contribution in [0.3, 0.4) is 0 Å². The van der Waals surface area contributed by atoms with Crippen molar-refractivity contribution in [1.29, 1.82) is 0 Å². The number of rotatable bonds is 6. The summed E-state index contributed by atoms with van der Waals surface area (Å²) >= 11 is 0. The Balaban J connectivity index is 1.99. The lowest BCUT2D eigenvalue weighted by atomic mass is 9.80. The van der Waals surface area contributed by atoms with E-state index >= 15 is 0 Å². The normalized spacial score (nSPS) is 16.5. The Kier molecular flexibility index (Phi) is 4.37. The van der Waals surface area contributed by atoms with Crippen molar-refractivity contribution in [1.82, 2.24) is 10.3 Å². The van der Waals surface area contributed by atoms with Gasteiger partial charge in [0.2, 0.25) is 0 Å². The first-order valence-corrected chi connectivity index (χ1v) is 6.72. The van der Waals surface area contributed by atoms with Gasteiger partial charge >= 0.3 is 0 Å². The van der Waals surface area contributed by atoms with E-state index in [1.54, 1.807) is 25.6 Å². The van der Waals surface area contributed by atoms with Gasteiger partial charge in [-0.15, -0.1) is 0 Å². The fourth-order valence-corrected chi connectivity index (χ4v) is 2.28. The molecule has 1 aromatic rings. The van der Waals surface area contributed by atoms with E-state index in [-0.39, 0.29) is 11.5 Å². The molecule has 0 saturated heterocycles. The molecule has 0 aliphatic heterocycles. The zero-order chi connectivity index (χ0) is 13.7. The van der Waals surface area contributed by atoms with E-state index in [0.29, 0.717) is 12.1 Å². The van der Waals surface area contributed by atoms with Crippen molar-refractivity contribution in [2.75, 3.05) is 25.5 Å². The molecule has 104 valence electrons. The Morgan fingerprint density at radius 3 is 2.89 bits per heavy atom. The first-order valence-electron chi connectivity index (χ1n) is 6.72. The number of anilines is 1. The van der Waals surface area contributed by atoms with Gasteiger partial charge < -0.3 is 15.4 Å². The molecule has 1 amide bonds. The van der Waals surface area contributed by atoms with Crippen LogP contribution in [0.5, 0.6) is 0 Å². The van der Waals surface area contributed by atoms with Crippen LogP contribution in [0.1, 0.15) is 36.5 Å². The Labute approximate surface area is 113 Å². The zero-order valence-corrected chi connectivity index (χ0v) is 11.5. The van der Waals surface area contributed by atoms with Crippen LogP contribution in [0.2, 0.25) is 0 Å². The fourth-order valence-electron chi connectivity index (χ4n) is 2.28. The summed E-state index contributed by atoms with van der Waals surface area (Å²) in [4.78, 5) is 16.2. The molecule has 0 spiro atoms. The molecule has 19 heavy (non-hydrogen) atoms. The highest BCUT2D eigenvalue weighted by molar-refractivity contribution is 5.99. The maximum Gasteiger partial charge on any atom is 0.253 e. The quantitative estimate of drug-likeness (QED) is 0.821. The van der Waals surface area contributed by atoms with E-state index < -0.39 is 0 Å². The molecule has 2 rings (SSSR count). The van der Waals surface area contributed by atoms with E-state index in [0.717, 1.165) is 25.1 Å². The van der Waals surface area contributed by atoms with Crippen molar-refractivity contribution >= 4 is 11.6 Å². The number of aromatic nitrogens is 1. The van der Waals surface area contributed by atoms with E-state index in [1.807, 2.05) is 6.92 Å². The Morgan fingerprint density at radius 2 is 2.32 bits per heavy atom. The van der Waals surface area contributed by atoms with E-state index in [2.05, 4.69) is 15.6 Å². The summed E-state index contributed by atoms with van der Waals surface area (Å²) in [5.41, 5.74) is 1.24. The van der Waals surface area contributed by atoms with Crippen molar-refractivity contribution < 1.29 is 9.53 Å². The third-order valence-corrected chi connectivity index (χ3v) is 3.70. The van der Waals surface area contributed by atoms with Crippen LogP contribution in [0.25, 0.3) is 0 Å². The molecule has 2 N–H and O–H groups in total. The first kappa shape index (κ1) is 13.8. The van der Waals surface area contributed by atoms with Gasteiger partial charge in [0, 0.05) is 26.4 Å². The Bertz CT molecular complexity index is 439. The molecule has 1 fully saturated rings. The molecule has 0 bridgehead atoms. The van der Waals surface area contributed by atoms with Crippen molar-refractivity contribution in [3.05, 3.63) is 24.0 Å². The van der Waals surface area contributed by atoms with Gasteiger partial charge in [0.15, 0.2) is 0 Å². The number of nitrogens with zero attached hydrogens (tertiary/aromatic N) is 1. The number of methoxy groups -OCH3 is 1. The predicted molar refractivity (Wildman–Crippen MR) is 74.3 cm³/mol. The molecule has 5 nitrogen and oxygen atoms in total. The average molecular weight is 263 g/mol. The number of carbonyl (C=O) groups excluding carboxylic acids is 1. The van der Waals surface area contributed by atoms with E-state index in [1.165, 1.54) is 6.42 Å². The summed E-state index contributed by atoms with van der Waals surface area (Å²) in [5, 5.41) is 6.10. The monoisotopic (exact) mass is 263 g/mol. The third kappa shape index (κ3) is 3.04. The third-order valence-electron chi connectivity index (χ3n) is 3.70. The SMILES string of the molecule is CCNc1cnccc1C(=O)NCC1(OC)CCC1. The van der Waals surface area contributed by atoms with Gasteiger partial charge in [0.05, 0.1) is 23.0 Å². The maximum absolute atomic E-state index is 12.2. The van der Waals surface area contributed by atoms with Crippen molar-refractivity contribution in [2.24, 2.45) is 0 Å². The molecular formula is C14H21N3O2. The van der Waals surface area contributed by atoms with E-state index in [9.17, 15) is 4.79 Å². The highest BCUT2D eigenvalue weighted by Crippen LogP contribution is 2.34. The smallest absolute Gasteiger partial charge is 0.253 e. The molecule has 1 heterocycles. The number of pyridine rings is 1. The fraction of sp³-hybridized carbons (Fsp3) is 0.571. The minimum absolute atomic E-state index is 0.0818. The van der Waals surface area contributed by atoms with Gasteiger partial charge in [-0.2, -0.15) is 0 Å². The lowest BCUT2D eigenvalue weighted by Crippen LogP contribution is -2.49. The van der Waals surface area contributed by atoms with Gasteiger partial charge in [-0.05, 0) is 32.3 Å². The summed E-state index contributed by atoms with van der Waals surface area (Å²) in [6, 6.07) is 1.73. The molecule has 1 aliphatic carbocycles. The lowest BCUT2D eigenvalue weighted by Gasteiger charge is -2.40. The van der Waals surface area contributed by atoms with Crippen LogP contribution >= 0.6 is 0 Å². The topological polar surface area (TPSA) is 63.2 Å². The second-order valence-corrected chi connectivity index (χ2v) is 4.87. The van der Waals surface area contributed by atoms with Crippen LogP contribution in [0.15, 0.2) is 18.5 Å². The largest absolute Gasteiger partial charge is 0.383 e. The molecule has 1 aliphatic rings. The van der Waals surface area contributed by atoms with Crippen LogP contribution in [0.4, 0.5) is 5.69 Å². The summed E-state index contributed by atoms with van der Waals surface area (Å²) in [7, 11) is 1.71. The minimum Gasteiger partial charge on any atom is -0.383 e. The average Bonchev–Trinajstić information content (AvgIpc) is 2.39. The van der Waals surface area contributed by atoms with Crippen molar-refractivity contribution in [3.8, 4) is 0 Å². The number of carbonyl (C=O) groups is 1. The number of nitrogens with one attached hydrogen (secondary N) is 2. The zero-order valence-electron chi connectivity index (χ0n) is 11.5. The molecular weight excluding hydrogens is 242 g/mol. The molecule has 5 heteroatoms. The molecule has 0 unspecified atom stereocenters. The number of ether oxygens (including phenoxy) is 1. The van der Waals surface area contributed by atoms with Gasteiger partial charge in [-0.3, -0.25) is 9.78 Å². The van der Waals surface area contributed by atoms with Gasteiger partial charge in [-0.25, -0.2) is 0 Å². The van der Waals surface area contributed by atoms with Crippen LogP contribution < -0.4 is 10.6 Å². The highest BCUT2D eigenvalue weighted by atomic mass is 16.5. The van der Waals surface area contributed by atoms with Crippen molar-refractivity contribution in [3.63, 3.8) is 0 Å². The molecule has 1 aromatic heterocycles. The second-order valence-electron chi connectivity index (χ2n) is 4.87. The summed E-state index contributed by atoms with van der Waals surface area (Å²) in [5.74, 6) is -0.0818. The van der Waals surface area contributed by atoms with Gasteiger partial charge in [0.25, 0.3) is 5.91 Å². The van der Waals surface area contributed by atoms with Crippen LogP contribution in [-0.4, -0.2) is 36.7 Å². The number of hydrogen-bond acceptors (Lipinski definition) is 4.